The number of morpholine rings is 1. The second-order valence-corrected chi connectivity index (χ2v) is 4.54. The van der Waals surface area contributed by atoms with Crippen LogP contribution in [-0.2, 0) is 9.53 Å². The maximum atomic E-state index is 10.7. The molecule has 4 fully saturated rings. The molecule has 3 heterocycles. The first-order valence-corrected chi connectivity index (χ1v) is 4.79. The van der Waals surface area contributed by atoms with E-state index in [9.17, 15) is 4.79 Å². The van der Waals surface area contributed by atoms with Gasteiger partial charge in [-0.05, 0) is 18.8 Å². The van der Waals surface area contributed by atoms with E-state index in [1.165, 1.54) is 12.8 Å². The number of carbonyl (C=O) groups is 1. The minimum Gasteiger partial charge on any atom is -0.479 e. The standard InChI is InChI=1S/C9H13NO3/c11-8(12)7-4-10-3-6-1-9(10,2-6)5-13-7/h6-7H,1-5H2,(H,11,12)/t6?,7-,9?/m1/s1. The van der Waals surface area contributed by atoms with Gasteiger partial charge >= 0.3 is 5.97 Å². The lowest BCUT2D eigenvalue weighted by Gasteiger charge is -2.46. The van der Waals surface area contributed by atoms with Crippen molar-refractivity contribution in [1.82, 2.24) is 4.90 Å². The molecule has 4 nitrogen and oxygen atoms in total. The molecule has 72 valence electrons. The Bertz CT molecular complexity index is 260. The fourth-order valence-corrected chi connectivity index (χ4v) is 3.04. The number of ether oxygens (including phenoxy) is 1. The predicted octanol–water partition coefficient (Wildman–Crippen LogP) is -0.0658. The van der Waals surface area contributed by atoms with Gasteiger partial charge in [-0.2, -0.15) is 0 Å². The van der Waals surface area contributed by atoms with Crippen molar-refractivity contribution >= 4 is 5.97 Å². The summed E-state index contributed by atoms with van der Waals surface area (Å²) in [6.07, 6.45) is 1.85. The molecule has 1 atom stereocenters. The van der Waals surface area contributed by atoms with E-state index in [1.807, 2.05) is 0 Å². The SMILES string of the molecule is O=C(O)[C@H]1CN2CC3CC2(CO1)C3. The molecule has 4 aliphatic rings. The van der Waals surface area contributed by atoms with Gasteiger partial charge in [0.1, 0.15) is 0 Å². The zero-order valence-corrected chi connectivity index (χ0v) is 7.40. The number of carboxylic acid groups (broad SMARTS) is 1. The monoisotopic (exact) mass is 183 g/mol. The number of rotatable bonds is 1. The van der Waals surface area contributed by atoms with Crippen LogP contribution in [0.4, 0.5) is 0 Å². The largest absolute Gasteiger partial charge is 0.479 e. The fraction of sp³-hybridized carbons (Fsp3) is 0.889. The van der Waals surface area contributed by atoms with Gasteiger partial charge in [-0.25, -0.2) is 4.79 Å². The Morgan fingerprint density at radius 1 is 1.46 bits per heavy atom. The van der Waals surface area contributed by atoms with Crippen LogP contribution in [0, 0.1) is 5.92 Å². The van der Waals surface area contributed by atoms with Crippen molar-refractivity contribution in [3.05, 3.63) is 0 Å². The molecule has 0 unspecified atom stereocenters. The highest BCUT2D eigenvalue weighted by molar-refractivity contribution is 5.72. The minimum atomic E-state index is -0.820. The third-order valence-corrected chi connectivity index (χ3v) is 3.70. The number of hydrogen-bond acceptors (Lipinski definition) is 3. The van der Waals surface area contributed by atoms with E-state index in [0.717, 1.165) is 12.5 Å². The smallest absolute Gasteiger partial charge is 0.334 e. The highest BCUT2D eigenvalue weighted by atomic mass is 16.5. The second-order valence-electron chi connectivity index (χ2n) is 4.54. The normalized spacial score (nSPS) is 48.3. The van der Waals surface area contributed by atoms with Gasteiger partial charge in [0.05, 0.1) is 6.61 Å². The Morgan fingerprint density at radius 3 is 2.92 bits per heavy atom. The molecule has 4 rings (SSSR count). The lowest BCUT2D eigenvalue weighted by Crippen LogP contribution is -2.58. The van der Waals surface area contributed by atoms with Crippen LogP contribution in [0.5, 0.6) is 0 Å². The van der Waals surface area contributed by atoms with E-state index in [-0.39, 0.29) is 5.54 Å². The van der Waals surface area contributed by atoms with Crippen LogP contribution in [0.1, 0.15) is 12.8 Å². The highest BCUT2D eigenvalue weighted by Gasteiger charge is 2.58. The molecule has 1 N–H and O–H groups in total. The van der Waals surface area contributed by atoms with Crippen molar-refractivity contribution in [3.63, 3.8) is 0 Å². The Hall–Kier alpha value is -0.610. The second kappa shape index (κ2) is 2.25. The Balaban J connectivity index is 1.77. The summed E-state index contributed by atoms with van der Waals surface area (Å²) in [6.45, 7) is 2.30. The van der Waals surface area contributed by atoms with Gasteiger partial charge in [0.15, 0.2) is 6.10 Å². The maximum Gasteiger partial charge on any atom is 0.334 e. The number of aliphatic carboxylic acids is 1. The van der Waals surface area contributed by atoms with Gasteiger partial charge in [0.2, 0.25) is 0 Å². The molecule has 13 heavy (non-hydrogen) atoms. The van der Waals surface area contributed by atoms with Crippen LogP contribution in [0.2, 0.25) is 0 Å². The Labute approximate surface area is 76.5 Å². The highest BCUT2D eigenvalue weighted by Crippen LogP contribution is 2.52. The van der Waals surface area contributed by atoms with Gasteiger partial charge in [0.25, 0.3) is 0 Å². The zero-order chi connectivity index (χ0) is 9.05. The summed E-state index contributed by atoms with van der Waals surface area (Å²) in [6, 6.07) is 0. The maximum absolute atomic E-state index is 10.7. The third-order valence-electron chi connectivity index (χ3n) is 3.70. The van der Waals surface area contributed by atoms with Crippen LogP contribution in [-0.4, -0.2) is 47.3 Å². The van der Waals surface area contributed by atoms with Gasteiger partial charge in [-0.15, -0.1) is 0 Å². The summed E-state index contributed by atoms with van der Waals surface area (Å²) in [5.74, 6) is -0.00454. The van der Waals surface area contributed by atoms with Crippen molar-refractivity contribution < 1.29 is 14.6 Å². The predicted molar refractivity (Wildman–Crippen MR) is 44.4 cm³/mol. The summed E-state index contributed by atoms with van der Waals surface area (Å²) >= 11 is 0. The summed E-state index contributed by atoms with van der Waals surface area (Å²) in [4.78, 5) is 13.0. The molecule has 0 radical (unpaired) electrons. The summed E-state index contributed by atoms with van der Waals surface area (Å²) < 4.78 is 5.35. The van der Waals surface area contributed by atoms with Crippen molar-refractivity contribution in [2.45, 2.75) is 24.5 Å². The molecule has 2 bridgehead atoms. The minimum absolute atomic E-state index is 0.247. The van der Waals surface area contributed by atoms with Crippen LogP contribution in [0.3, 0.4) is 0 Å². The lowest BCUT2D eigenvalue weighted by atomic mass is 9.73. The Kier molecular flexibility index (Phi) is 1.34. The average molecular weight is 183 g/mol. The topological polar surface area (TPSA) is 49.8 Å². The average Bonchev–Trinajstić information content (AvgIpc) is 2.54. The first-order chi connectivity index (χ1) is 6.20. The Morgan fingerprint density at radius 2 is 2.23 bits per heavy atom. The number of carboxylic acids is 1. The van der Waals surface area contributed by atoms with Gasteiger partial charge in [0, 0.05) is 18.6 Å². The molecule has 1 spiro atoms. The van der Waals surface area contributed by atoms with E-state index in [4.69, 9.17) is 9.84 Å². The van der Waals surface area contributed by atoms with Gasteiger partial charge < -0.3 is 9.84 Å². The molecule has 0 aromatic heterocycles. The fourth-order valence-electron chi connectivity index (χ4n) is 3.04. The zero-order valence-electron chi connectivity index (χ0n) is 7.40. The lowest BCUT2D eigenvalue weighted by molar-refractivity contribution is -0.165. The molecule has 3 aliphatic heterocycles. The first-order valence-electron chi connectivity index (χ1n) is 4.79. The molecule has 0 aromatic rings. The van der Waals surface area contributed by atoms with Crippen molar-refractivity contribution in [1.29, 1.82) is 0 Å². The van der Waals surface area contributed by atoms with Crippen LogP contribution >= 0.6 is 0 Å². The molecule has 3 saturated heterocycles. The summed E-state index contributed by atoms with van der Waals surface area (Å²) in [7, 11) is 0. The van der Waals surface area contributed by atoms with Crippen molar-refractivity contribution in [3.8, 4) is 0 Å². The van der Waals surface area contributed by atoms with E-state index < -0.39 is 12.1 Å². The van der Waals surface area contributed by atoms with Crippen molar-refractivity contribution in [2.75, 3.05) is 19.7 Å². The molecular weight excluding hydrogens is 170 g/mol. The molecule has 1 aliphatic carbocycles. The number of hydrogen-bond donors (Lipinski definition) is 1. The van der Waals surface area contributed by atoms with E-state index in [0.29, 0.717) is 13.2 Å². The van der Waals surface area contributed by atoms with Gasteiger partial charge in [-0.1, -0.05) is 0 Å². The molecule has 1 saturated carbocycles. The van der Waals surface area contributed by atoms with E-state index in [2.05, 4.69) is 4.90 Å². The summed E-state index contributed by atoms with van der Waals surface area (Å²) in [5.41, 5.74) is 0.247. The van der Waals surface area contributed by atoms with E-state index in [1.54, 1.807) is 0 Å². The summed E-state index contributed by atoms with van der Waals surface area (Å²) in [5, 5.41) is 8.80. The van der Waals surface area contributed by atoms with E-state index >= 15 is 0 Å². The first kappa shape index (κ1) is 7.76. The van der Waals surface area contributed by atoms with Gasteiger partial charge in [-0.3, -0.25) is 4.90 Å². The molecule has 4 heteroatoms. The molecule has 0 aromatic carbocycles. The molecule has 0 amide bonds. The number of nitrogens with zero attached hydrogens (tertiary/aromatic N) is 1. The van der Waals surface area contributed by atoms with Crippen LogP contribution in [0.15, 0.2) is 0 Å². The molecular formula is C9H13NO3. The quantitative estimate of drug-likeness (QED) is 0.618. The van der Waals surface area contributed by atoms with Crippen LogP contribution in [0.25, 0.3) is 0 Å². The third kappa shape index (κ3) is 0.901. The van der Waals surface area contributed by atoms with Crippen molar-refractivity contribution in [2.24, 2.45) is 5.92 Å². The van der Waals surface area contributed by atoms with Crippen LogP contribution < -0.4 is 0 Å².